The number of halogens is 1. The summed E-state index contributed by atoms with van der Waals surface area (Å²) in [5.41, 5.74) is -0.0285. The zero-order chi connectivity index (χ0) is 16.0. The van der Waals surface area contributed by atoms with Gasteiger partial charge in [-0.15, -0.1) is 0 Å². The Bertz CT molecular complexity index is 532. The number of carbonyl (C=O) groups is 1. The average molecular weight is 359 g/mol. The summed E-state index contributed by atoms with van der Waals surface area (Å²) in [5.74, 6) is -0.350. The minimum Gasteiger partial charge on any atom is -0.396 e. The van der Waals surface area contributed by atoms with Gasteiger partial charge in [0.15, 0.2) is 0 Å². The summed E-state index contributed by atoms with van der Waals surface area (Å²) in [4.78, 5) is 22.3. The summed E-state index contributed by atoms with van der Waals surface area (Å²) in [6.07, 6.45) is 1.45. The molecule has 7 heteroatoms. The fourth-order valence-electron chi connectivity index (χ4n) is 1.88. The highest BCUT2D eigenvalue weighted by Crippen LogP contribution is 2.23. The maximum atomic E-state index is 12.1. The number of hydrogen-bond acceptors (Lipinski definition) is 4. The first kappa shape index (κ1) is 17.6. The minimum absolute atomic E-state index is 0.120. The molecule has 0 aromatic heterocycles. The van der Waals surface area contributed by atoms with E-state index in [4.69, 9.17) is 5.11 Å². The zero-order valence-electron chi connectivity index (χ0n) is 12.1. The zero-order valence-corrected chi connectivity index (χ0v) is 13.6. The number of carbonyl (C=O) groups excluding carboxylic acids is 1. The Hall–Kier alpha value is -1.47. The standard InChI is InChI=1S/C14H19BrN2O4/c1-14(2,4-3-5-18)9-16-13(19)10-6-11(15)8-12(7-10)17(20)21/h6-8,18H,3-5,9H2,1-2H3,(H,16,19). The molecule has 1 aromatic rings. The molecule has 0 aliphatic carbocycles. The number of nitrogens with one attached hydrogen (secondary N) is 1. The lowest BCUT2D eigenvalue weighted by molar-refractivity contribution is -0.385. The van der Waals surface area contributed by atoms with Gasteiger partial charge in [0.05, 0.1) is 4.92 Å². The lowest BCUT2D eigenvalue weighted by Gasteiger charge is -2.24. The Kier molecular flexibility index (Phi) is 6.29. The summed E-state index contributed by atoms with van der Waals surface area (Å²) in [7, 11) is 0. The molecule has 0 bridgehead atoms. The van der Waals surface area contributed by atoms with E-state index in [0.29, 0.717) is 17.4 Å². The Labute approximate surface area is 131 Å². The fourth-order valence-corrected chi connectivity index (χ4v) is 2.36. The summed E-state index contributed by atoms with van der Waals surface area (Å²) in [5, 5.41) is 22.4. The van der Waals surface area contributed by atoms with Crippen LogP contribution in [-0.2, 0) is 0 Å². The molecule has 0 unspecified atom stereocenters. The van der Waals surface area contributed by atoms with E-state index in [1.807, 2.05) is 13.8 Å². The van der Waals surface area contributed by atoms with Gasteiger partial charge in [-0.05, 0) is 24.3 Å². The Morgan fingerprint density at radius 1 is 1.43 bits per heavy atom. The minimum atomic E-state index is -0.535. The molecule has 0 radical (unpaired) electrons. The van der Waals surface area contributed by atoms with Crippen molar-refractivity contribution in [2.75, 3.05) is 13.2 Å². The van der Waals surface area contributed by atoms with Crippen LogP contribution in [0.2, 0.25) is 0 Å². The summed E-state index contributed by atoms with van der Waals surface area (Å²) < 4.78 is 0.487. The molecule has 2 N–H and O–H groups in total. The van der Waals surface area contributed by atoms with Crippen LogP contribution in [-0.4, -0.2) is 29.1 Å². The maximum absolute atomic E-state index is 12.1. The second kappa shape index (κ2) is 7.51. The maximum Gasteiger partial charge on any atom is 0.271 e. The van der Waals surface area contributed by atoms with Crippen molar-refractivity contribution >= 4 is 27.5 Å². The fraction of sp³-hybridized carbons (Fsp3) is 0.500. The van der Waals surface area contributed by atoms with E-state index >= 15 is 0 Å². The number of rotatable bonds is 7. The van der Waals surface area contributed by atoms with E-state index in [9.17, 15) is 14.9 Å². The van der Waals surface area contributed by atoms with Crippen molar-refractivity contribution < 1.29 is 14.8 Å². The van der Waals surface area contributed by atoms with E-state index in [1.54, 1.807) is 6.07 Å². The van der Waals surface area contributed by atoms with Crippen LogP contribution >= 0.6 is 15.9 Å². The van der Waals surface area contributed by atoms with E-state index in [2.05, 4.69) is 21.2 Å². The van der Waals surface area contributed by atoms with Gasteiger partial charge in [0.25, 0.3) is 11.6 Å². The summed E-state index contributed by atoms with van der Waals surface area (Å²) >= 11 is 3.16. The number of nitrogens with zero attached hydrogens (tertiary/aromatic N) is 1. The SMILES string of the molecule is CC(C)(CCCO)CNC(=O)c1cc(Br)cc([N+](=O)[O-])c1. The molecule has 1 amide bonds. The van der Waals surface area contributed by atoms with Crippen molar-refractivity contribution in [2.24, 2.45) is 5.41 Å². The lowest BCUT2D eigenvalue weighted by atomic mass is 9.88. The van der Waals surface area contributed by atoms with Crippen molar-refractivity contribution in [3.05, 3.63) is 38.3 Å². The van der Waals surface area contributed by atoms with Crippen molar-refractivity contribution in [3.8, 4) is 0 Å². The van der Waals surface area contributed by atoms with Gasteiger partial charge in [-0.1, -0.05) is 29.8 Å². The monoisotopic (exact) mass is 358 g/mol. The molecule has 0 aliphatic heterocycles. The number of amides is 1. The van der Waals surface area contributed by atoms with E-state index in [0.717, 1.165) is 6.42 Å². The molecule has 0 aliphatic rings. The van der Waals surface area contributed by atoms with Crippen LogP contribution in [0.4, 0.5) is 5.69 Å². The molecule has 0 saturated heterocycles. The Morgan fingerprint density at radius 2 is 2.10 bits per heavy atom. The van der Waals surface area contributed by atoms with Gasteiger partial charge in [-0.25, -0.2) is 0 Å². The second-order valence-electron chi connectivity index (χ2n) is 5.63. The Morgan fingerprint density at radius 3 is 2.67 bits per heavy atom. The molecule has 1 aromatic carbocycles. The van der Waals surface area contributed by atoms with Crippen LogP contribution in [0, 0.1) is 15.5 Å². The average Bonchev–Trinajstić information content (AvgIpc) is 2.42. The van der Waals surface area contributed by atoms with Gasteiger partial charge in [0.2, 0.25) is 0 Å². The number of aliphatic hydroxyl groups excluding tert-OH is 1. The first-order valence-electron chi connectivity index (χ1n) is 6.59. The highest BCUT2D eigenvalue weighted by molar-refractivity contribution is 9.10. The highest BCUT2D eigenvalue weighted by atomic mass is 79.9. The van der Waals surface area contributed by atoms with Gasteiger partial charge in [0, 0.05) is 35.3 Å². The molecule has 6 nitrogen and oxygen atoms in total. The molecular formula is C14H19BrN2O4. The number of nitro groups is 1. The van der Waals surface area contributed by atoms with Crippen molar-refractivity contribution in [1.29, 1.82) is 0 Å². The Balaban J connectivity index is 2.74. The number of non-ortho nitro benzene ring substituents is 1. The van der Waals surface area contributed by atoms with Crippen LogP contribution in [0.25, 0.3) is 0 Å². The largest absolute Gasteiger partial charge is 0.396 e. The predicted molar refractivity (Wildman–Crippen MR) is 83.2 cm³/mol. The second-order valence-corrected chi connectivity index (χ2v) is 6.54. The van der Waals surface area contributed by atoms with E-state index in [-0.39, 0.29) is 29.2 Å². The third kappa shape index (κ3) is 5.81. The van der Waals surface area contributed by atoms with Gasteiger partial charge in [0.1, 0.15) is 0 Å². The first-order chi connectivity index (χ1) is 9.75. The number of aliphatic hydroxyl groups is 1. The molecule has 21 heavy (non-hydrogen) atoms. The smallest absolute Gasteiger partial charge is 0.271 e. The summed E-state index contributed by atoms with van der Waals surface area (Å²) in [6.45, 7) is 4.54. The third-order valence-corrected chi connectivity index (χ3v) is 3.55. The topological polar surface area (TPSA) is 92.5 Å². The van der Waals surface area contributed by atoms with E-state index < -0.39 is 4.92 Å². The third-order valence-electron chi connectivity index (χ3n) is 3.09. The molecule has 0 spiro atoms. The molecule has 0 fully saturated rings. The molecule has 116 valence electrons. The molecule has 0 saturated carbocycles. The molecule has 1 rings (SSSR count). The highest BCUT2D eigenvalue weighted by Gasteiger charge is 2.20. The molecule has 0 heterocycles. The van der Waals surface area contributed by atoms with Crippen LogP contribution in [0.15, 0.2) is 22.7 Å². The first-order valence-corrected chi connectivity index (χ1v) is 7.38. The van der Waals surface area contributed by atoms with Gasteiger partial charge < -0.3 is 10.4 Å². The van der Waals surface area contributed by atoms with Crippen molar-refractivity contribution in [2.45, 2.75) is 26.7 Å². The van der Waals surface area contributed by atoms with Crippen molar-refractivity contribution in [3.63, 3.8) is 0 Å². The quantitative estimate of drug-likeness (QED) is 0.578. The predicted octanol–water partition coefficient (Wildman–Crippen LogP) is 2.89. The summed E-state index contributed by atoms with van der Waals surface area (Å²) in [6, 6.07) is 4.14. The van der Waals surface area contributed by atoms with Crippen LogP contribution in [0.5, 0.6) is 0 Å². The van der Waals surface area contributed by atoms with Crippen LogP contribution in [0.3, 0.4) is 0 Å². The number of benzene rings is 1. The number of nitro benzene ring substituents is 1. The van der Waals surface area contributed by atoms with Gasteiger partial charge >= 0.3 is 0 Å². The van der Waals surface area contributed by atoms with Crippen molar-refractivity contribution in [1.82, 2.24) is 5.32 Å². The van der Waals surface area contributed by atoms with Crippen LogP contribution in [0.1, 0.15) is 37.0 Å². The lowest BCUT2D eigenvalue weighted by Crippen LogP contribution is -2.34. The van der Waals surface area contributed by atoms with Gasteiger partial charge in [-0.3, -0.25) is 14.9 Å². The van der Waals surface area contributed by atoms with Gasteiger partial charge in [-0.2, -0.15) is 0 Å². The molecule has 0 atom stereocenters. The van der Waals surface area contributed by atoms with Crippen LogP contribution < -0.4 is 5.32 Å². The normalized spacial score (nSPS) is 11.2. The number of hydrogen-bond donors (Lipinski definition) is 2. The molecular weight excluding hydrogens is 340 g/mol. The van der Waals surface area contributed by atoms with E-state index in [1.165, 1.54) is 12.1 Å².